The zero-order valence-electron chi connectivity index (χ0n) is 16.2. The quantitative estimate of drug-likeness (QED) is 0.549. The zero-order valence-corrected chi connectivity index (χ0v) is 17.0. The number of nitrogens with zero attached hydrogens (tertiary/aromatic N) is 3. The molecule has 31 heavy (non-hydrogen) atoms. The summed E-state index contributed by atoms with van der Waals surface area (Å²) in [4.78, 5) is 25.5. The molecular weight excluding hydrogens is 433 g/mol. The van der Waals surface area contributed by atoms with E-state index in [1.165, 1.54) is 19.2 Å². The molecule has 1 N–H and O–H groups in total. The van der Waals surface area contributed by atoms with Crippen LogP contribution in [0.1, 0.15) is 5.56 Å². The standard InChI is InChI=1S/C20H17F3N4O3S/c1-27(11-16(28)24-15-10-6-5-9-14(15)20(21,22)23)17(29)12-31-19-26-25-18(30-19)13-7-3-2-4-8-13/h2-10H,11-12H2,1H3,(H,24,28). The fourth-order valence-corrected chi connectivity index (χ4v) is 3.24. The molecule has 0 saturated heterocycles. The number of carbonyl (C=O) groups excluding carboxylic acids is 2. The van der Waals surface area contributed by atoms with Crippen LogP contribution in [-0.4, -0.2) is 46.3 Å². The maximum Gasteiger partial charge on any atom is 0.418 e. The normalized spacial score (nSPS) is 11.2. The van der Waals surface area contributed by atoms with Crippen LogP contribution in [-0.2, 0) is 15.8 Å². The van der Waals surface area contributed by atoms with Crippen molar-refractivity contribution in [1.29, 1.82) is 0 Å². The third-order valence-electron chi connectivity index (χ3n) is 4.06. The molecule has 1 heterocycles. The number of benzene rings is 2. The molecule has 1 aromatic heterocycles. The van der Waals surface area contributed by atoms with Crippen LogP contribution in [0, 0.1) is 0 Å². The number of thioether (sulfide) groups is 1. The molecule has 0 fully saturated rings. The monoisotopic (exact) mass is 450 g/mol. The molecule has 162 valence electrons. The van der Waals surface area contributed by atoms with Crippen molar-refractivity contribution >= 4 is 29.3 Å². The molecule has 3 rings (SSSR count). The first-order valence-corrected chi connectivity index (χ1v) is 9.94. The number of likely N-dealkylation sites (N-methyl/N-ethyl adjacent to an activating group) is 1. The number of rotatable bonds is 7. The molecule has 2 aromatic carbocycles. The largest absolute Gasteiger partial charge is 0.418 e. The van der Waals surface area contributed by atoms with Crippen LogP contribution in [0.15, 0.2) is 64.2 Å². The summed E-state index contributed by atoms with van der Waals surface area (Å²) in [7, 11) is 1.38. The minimum atomic E-state index is -4.61. The summed E-state index contributed by atoms with van der Waals surface area (Å²) < 4.78 is 44.6. The van der Waals surface area contributed by atoms with Gasteiger partial charge < -0.3 is 14.6 Å². The van der Waals surface area contributed by atoms with Gasteiger partial charge in [0.25, 0.3) is 5.22 Å². The molecule has 7 nitrogen and oxygen atoms in total. The van der Waals surface area contributed by atoms with Crippen molar-refractivity contribution in [3.63, 3.8) is 0 Å². The Kier molecular flexibility index (Phi) is 6.95. The lowest BCUT2D eigenvalue weighted by Crippen LogP contribution is -2.36. The van der Waals surface area contributed by atoms with Crippen molar-refractivity contribution in [1.82, 2.24) is 15.1 Å². The van der Waals surface area contributed by atoms with Crippen molar-refractivity contribution in [3.05, 3.63) is 60.2 Å². The average molecular weight is 450 g/mol. The molecule has 0 bridgehead atoms. The van der Waals surface area contributed by atoms with Crippen LogP contribution in [0.4, 0.5) is 18.9 Å². The van der Waals surface area contributed by atoms with E-state index in [4.69, 9.17) is 4.42 Å². The summed E-state index contributed by atoms with van der Waals surface area (Å²) >= 11 is 0.997. The summed E-state index contributed by atoms with van der Waals surface area (Å²) in [5.41, 5.74) is -0.589. The first kappa shape index (κ1) is 22.3. The Labute approximate surface area is 179 Å². The molecule has 2 amide bonds. The number of nitrogens with one attached hydrogen (secondary N) is 1. The zero-order chi connectivity index (χ0) is 22.4. The molecule has 0 unspecified atom stereocenters. The van der Waals surface area contributed by atoms with Gasteiger partial charge in [-0.3, -0.25) is 9.59 Å². The molecule has 0 aliphatic carbocycles. The van der Waals surface area contributed by atoms with Crippen molar-refractivity contribution < 1.29 is 27.2 Å². The summed E-state index contributed by atoms with van der Waals surface area (Å²) in [5.74, 6) is -0.948. The minimum Gasteiger partial charge on any atom is -0.411 e. The fraction of sp³-hybridized carbons (Fsp3) is 0.200. The molecule has 0 radical (unpaired) electrons. The van der Waals surface area contributed by atoms with Gasteiger partial charge in [0.15, 0.2) is 0 Å². The Balaban J connectivity index is 1.52. The highest BCUT2D eigenvalue weighted by molar-refractivity contribution is 7.99. The predicted octanol–water partition coefficient (Wildman–Crippen LogP) is 3.94. The number of aromatic nitrogens is 2. The molecule has 0 spiro atoms. The Morgan fingerprint density at radius 3 is 2.45 bits per heavy atom. The number of anilines is 1. The second-order valence-electron chi connectivity index (χ2n) is 6.37. The molecule has 0 saturated carbocycles. The van der Waals surface area contributed by atoms with Gasteiger partial charge in [0.2, 0.25) is 17.7 Å². The van der Waals surface area contributed by atoms with E-state index < -0.39 is 30.1 Å². The maximum absolute atomic E-state index is 13.0. The Morgan fingerprint density at radius 2 is 1.74 bits per heavy atom. The van der Waals surface area contributed by atoms with Crippen molar-refractivity contribution in [3.8, 4) is 11.5 Å². The lowest BCUT2D eigenvalue weighted by Gasteiger charge is -2.18. The van der Waals surface area contributed by atoms with E-state index in [0.717, 1.165) is 34.4 Å². The highest BCUT2D eigenvalue weighted by atomic mass is 32.2. The second-order valence-corrected chi connectivity index (χ2v) is 7.30. The Bertz CT molecular complexity index is 1060. The number of hydrogen-bond donors (Lipinski definition) is 1. The topological polar surface area (TPSA) is 88.3 Å². The Morgan fingerprint density at radius 1 is 1.06 bits per heavy atom. The van der Waals surface area contributed by atoms with Gasteiger partial charge in [0, 0.05) is 12.6 Å². The number of para-hydroxylation sites is 1. The van der Waals surface area contributed by atoms with Gasteiger partial charge in [-0.25, -0.2) is 0 Å². The average Bonchev–Trinajstić information content (AvgIpc) is 3.21. The minimum absolute atomic E-state index is 0.0840. The molecule has 0 aliphatic rings. The van der Waals surface area contributed by atoms with Crippen molar-refractivity contribution in [2.75, 3.05) is 24.7 Å². The number of hydrogen-bond acceptors (Lipinski definition) is 6. The Hall–Kier alpha value is -3.34. The number of halogens is 3. The number of amides is 2. The SMILES string of the molecule is CN(CC(=O)Nc1ccccc1C(F)(F)F)C(=O)CSc1nnc(-c2ccccc2)o1. The lowest BCUT2D eigenvalue weighted by atomic mass is 10.1. The second kappa shape index (κ2) is 9.65. The highest BCUT2D eigenvalue weighted by Crippen LogP contribution is 2.34. The summed E-state index contributed by atoms with van der Waals surface area (Å²) in [6.45, 7) is -0.412. The molecule has 0 aliphatic heterocycles. The van der Waals surface area contributed by atoms with Crippen molar-refractivity contribution in [2.45, 2.75) is 11.4 Å². The van der Waals surface area contributed by atoms with Crippen LogP contribution in [0.25, 0.3) is 11.5 Å². The van der Waals surface area contributed by atoms with Gasteiger partial charge in [-0.1, -0.05) is 42.1 Å². The third-order valence-corrected chi connectivity index (χ3v) is 4.86. The van der Waals surface area contributed by atoms with Crippen LogP contribution in [0.2, 0.25) is 0 Å². The van der Waals surface area contributed by atoms with Gasteiger partial charge in [-0.15, -0.1) is 10.2 Å². The fourth-order valence-electron chi connectivity index (χ4n) is 2.53. The van der Waals surface area contributed by atoms with Gasteiger partial charge in [-0.05, 0) is 24.3 Å². The molecular formula is C20H17F3N4O3S. The first-order chi connectivity index (χ1) is 14.7. The number of carbonyl (C=O) groups is 2. The van der Waals surface area contributed by atoms with E-state index in [-0.39, 0.29) is 16.7 Å². The summed E-state index contributed by atoms with van der Waals surface area (Å²) in [5, 5.41) is 10.2. The van der Waals surface area contributed by atoms with Crippen molar-refractivity contribution in [2.24, 2.45) is 0 Å². The van der Waals surface area contributed by atoms with Gasteiger partial charge in [0.1, 0.15) is 0 Å². The highest BCUT2D eigenvalue weighted by Gasteiger charge is 2.33. The van der Waals surface area contributed by atoms with Crippen LogP contribution in [0.3, 0.4) is 0 Å². The summed E-state index contributed by atoms with van der Waals surface area (Å²) in [6.07, 6.45) is -4.61. The van der Waals surface area contributed by atoms with E-state index in [0.29, 0.717) is 5.89 Å². The van der Waals surface area contributed by atoms with Gasteiger partial charge in [-0.2, -0.15) is 13.2 Å². The van der Waals surface area contributed by atoms with E-state index in [1.807, 2.05) is 18.2 Å². The molecule has 3 aromatic rings. The lowest BCUT2D eigenvalue weighted by molar-refractivity contribution is -0.137. The van der Waals surface area contributed by atoms with E-state index in [9.17, 15) is 22.8 Å². The van der Waals surface area contributed by atoms with Crippen LogP contribution < -0.4 is 5.32 Å². The van der Waals surface area contributed by atoms with E-state index >= 15 is 0 Å². The number of alkyl halides is 3. The third kappa shape index (κ3) is 6.07. The van der Waals surface area contributed by atoms with Crippen LogP contribution >= 0.6 is 11.8 Å². The first-order valence-electron chi connectivity index (χ1n) is 8.96. The van der Waals surface area contributed by atoms with Gasteiger partial charge in [0.05, 0.1) is 23.5 Å². The summed E-state index contributed by atoms with van der Waals surface area (Å²) in [6, 6.07) is 13.7. The predicted molar refractivity (Wildman–Crippen MR) is 108 cm³/mol. The van der Waals surface area contributed by atoms with E-state index in [1.54, 1.807) is 12.1 Å². The van der Waals surface area contributed by atoms with E-state index in [2.05, 4.69) is 15.5 Å². The maximum atomic E-state index is 13.0. The molecule has 0 atom stereocenters. The van der Waals surface area contributed by atoms with Crippen LogP contribution in [0.5, 0.6) is 0 Å². The molecule has 11 heteroatoms. The van der Waals surface area contributed by atoms with Gasteiger partial charge >= 0.3 is 6.18 Å². The smallest absolute Gasteiger partial charge is 0.411 e.